The Morgan fingerprint density at radius 1 is 1.50 bits per heavy atom. The summed E-state index contributed by atoms with van der Waals surface area (Å²) in [6.07, 6.45) is 1.39. The SMILES string of the molecule is C=CCS(=O)(=O)N(C)CC(C)(C)CN. The summed E-state index contributed by atoms with van der Waals surface area (Å²) in [5.74, 6) is -0.0237. The maximum Gasteiger partial charge on any atom is 0.217 e. The Hall–Kier alpha value is -0.390. The maximum absolute atomic E-state index is 11.5. The molecule has 0 aliphatic carbocycles. The molecule has 0 aromatic heterocycles. The van der Waals surface area contributed by atoms with E-state index in [2.05, 4.69) is 6.58 Å². The van der Waals surface area contributed by atoms with Gasteiger partial charge in [0.2, 0.25) is 10.0 Å². The molecule has 84 valence electrons. The molecule has 0 aliphatic rings. The van der Waals surface area contributed by atoms with Crippen LogP contribution >= 0.6 is 0 Å². The second kappa shape index (κ2) is 4.91. The number of nitrogens with two attached hydrogens (primary N) is 1. The van der Waals surface area contributed by atoms with E-state index in [0.29, 0.717) is 13.1 Å². The van der Waals surface area contributed by atoms with Crippen molar-refractivity contribution >= 4 is 10.0 Å². The molecule has 0 spiro atoms. The van der Waals surface area contributed by atoms with E-state index in [1.165, 1.54) is 10.4 Å². The Labute approximate surface area is 86.8 Å². The van der Waals surface area contributed by atoms with Crippen molar-refractivity contribution in [3.8, 4) is 0 Å². The monoisotopic (exact) mass is 220 g/mol. The molecule has 0 fully saturated rings. The summed E-state index contributed by atoms with van der Waals surface area (Å²) in [7, 11) is -1.63. The molecule has 4 nitrogen and oxygen atoms in total. The number of sulfonamides is 1. The van der Waals surface area contributed by atoms with E-state index in [-0.39, 0.29) is 11.2 Å². The minimum absolute atomic E-state index is 0.0237. The van der Waals surface area contributed by atoms with Crippen LogP contribution in [0.1, 0.15) is 13.8 Å². The zero-order valence-electron chi connectivity index (χ0n) is 9.16. The minimum Gasteiger partial charge on any atom is -0.330 e. The minimum atomic E-state index is -3.19. The fourth-order valence-corrected chi connectivity index (χ4v) is 2.14. The van der Waals surface area contributed by atoms with Crippen molar-refractivity contribution in [2.24, 2.45) is 11.1 Å². The first-order chi connectivity index (χ1) is 6.25. The first-order valence-corrected chi connectivity index (χ1v) is 6.11. The van der Waals surface area contributed by atoms with Crippen molar-refractivity contribution in [2.75, 3.05) is 25.9 Å². The highest BCUT2D eigenvalue weighted by molar-refractivity contribution is 7.89. The Morgan fingerprint density at radius 3 is 2.36 bits per heavy atom. The molecule has 0 amide bonds. The van der Waals surface area contributed by atoms with Gasteiger partial charge in [-0.25, -0.2) is 12.7 Å². The van der Waals surface area contributed by atoms with Gasteiger partial charge in [-0.3, -0.25) is 0 Å². The predicted molar refractivity (Wildman–Crippen MR) is 59.4 cm³/mol. The summed E-state index contributed by atoms with van der Waals surface area (Å²) >= 11 is 0. The van der Waals surface area contributed by atoms with E-state index in [1.807, 2.05) is 13.8 Å². The van der Waals surface area contributed by atoms with Gasteiger partial charge >= 0.3 is 0 Å². The lowest BCUT2D eigenvalue weighted by atomic mass is 9.94. The van der Waals surface area contributed by atoms with Gasteiger partial charge in [-0.1, -0.05) is 19.9 Å². The summed E-state index contributed by atoms with van der Waals surface area (Å²) < 4.78 is 24.4. The molecular formula is C9H20N2O2S. The van der Waals surface area contributed by atoms with Crippen LogP contribution in [0.3, 0.4) is 0 Å². The van der Waals surface area contributed by atoms with E-state index in [1.54, 1.807) is 7.05 Å². The van der Waals surface area contributed by atoms with Crippen LogP contribution in [0.4, 0.5) is 0 Å². The van der Waals surface area contributed by atoms with Crippen molar-refractivity contribution in [2.45, 2.75) is 13.8 Å². The second-order valence-corrected chi connectivity index (χ2v) is 6.31. The lowest BCUT2D eigenvalue weighted by molar-refractivity contribution is 0.292. The average molecular weight is 220 g/mol. The fraction of sp³-hybridized carbons (Fsp3) is 0.778. The van der Waals surface area contributed by atoms with Gasteiger partial charge in [-0.05, 0) is 12.0 Å². The molecule has 0 aromatic carbocycles. The summed E-state index contributed by atoms with van der Waals surface area (Å²) in [6.45, 7) is 8.18. The van der Waals surface area contributed by atoms with Crippen molar-refractivity contribution in [1.29, 1.82) is 0 Å². The molecule has 2 N–H and O–H groups in total. The van der Waals surface area contributed by atoms with Gasteiger partial charge < -0.3 is 5.73 Å². The molecule has 0 saturated heterocycles. The van der Waals surface area contributed by atoms with Crippen LogP contribution in [0.15, 0.2) is 12.7 Å². The van der Waals surface area contributed by atoms with E-state index in [9.17, 15) is 8.42 Å². The number of hydrogen-bond donors (Lipinski definition) is 1. The van der Waals surface area contributed by atoms with Crippen LogP contribution in [0.5, 0.6) is 0 Å². The molecule has 14 heavy (non-hydrogen) atoms. The molecule has 0 heterocycles. The number of hydrogen-bond acceptors (Lipinski definition) is 3. The molecule has 0 atom stereocenters. The van der Waals surface area contributed by atoms with Crippen molar-refractivity contribution in [3.63, 3.8) is 0 Å². The highest BCUT2D eigenvalue weighted by atomic mass is 32.2. The average Bonchev–Trinajstić information content (AvgIpc) is 2.03. The van der Waals surface area contributed by atoms with Gasteiger partial charge in [0.05, 0.1) is 5.75 Å². The van der Waals surface area contributed by atoms with Gasteiger partial charge in [0, 0.05) is 13.6 Å². The van der Waals surface area contributed by atoms with Crippen LogP contribution in [0.2, 0.25) is 0 Å². The molecule has 0 unspecified atom stereocenters. The van der Waals surface area contributed by atoms with Crippen molar-refractivity contribution in [1.82, 2.24) is 4.31 Å². The van der Waals surface area contributed by atoms with Gasteiger partial charge in [-0.15, -0.1) is 6.58 Å². The Balaban J connectivity index is 4.49. The van der Waals surface area contributed by atoms with E-state index in [0.717, 1.165) is 0 Å². The largest absolute Gasteiger partial charge is 0.330 e. The van der Waals surface area contributed by atoms with Crippen LogP contribution in [0, 0.1) is 5.41 Å². The third-order valence-corrected chi connectivity index (χ3v) is 3.74. The lowest BCUT2D eigenvalue weighted by Crippen LogP contribution is -2.40. The van der Waals surface area contributed by atoms with Gasteiger partial charge in [0.25, 0.3) is 0 Å². The van der Waals surface area contributed by atoms with Crippen molar-refractivity contribution in [3.05, 3.63) is 12.7 Å². The summed E-state index contributed by atoms with van der Waals surface area (Å²) in [5.41, 5.74) is 5.34. The third-order valence-electron chi connectivity index (χ3n) is 2.01. The van der Waals surface area contributed by atoms with Crippen LogP contribution in [-0.2, 0) is 10.0 Å². The first kappa shape index (κ1) is 13.6. The highest BCUT2D eigenvalue weighted by Crippen LogP contribution is 2.15. The number of nitrogens with zero attached hydrogens (tertiary/aromatic N) is 1. The van der Waals surface area contributed by atoms with Crippen LogP contribution in [0.25, 0.3) is 0 Å². The third kappa shape index (κ3) is 4.21. The molecule has 0 radical (unpaired) electrons. The first-order valence-electron chi connectivity index (χ1n) is 4.50. The molecule has 0 saturated carbocycles. The van der Waals surface area contributed by atoms with Gasteiger partial charge in [-0.2, -0.15) is 0 Å². The fourth-order valence-electron chi connectivity index (χ4n) is 1.04. The van der Waals surface area contributed by atoms with Crippen molar-refractivity contribution < 1.29 is 8.42 Å². The van der Waals surface area contributed by atoms with Crippen LogP contribution in [-0.4, -0.2) is 38.6 Å². The molecular weight excluding hydrogens is 200 g/mol. The summed E-state index contributed by atoms with van der Waals surface area (Å²) in [6, 6.07) is 0. The molecule has 0 aromatic rings. The summed E-state index contributed by atoms with van der Waals surface area (Å²) in [5, 5.41) is 0. The summed E-state index contributed by atoms with van der Waals surface area (Å²) in [4.78, 5) is 0. The van der Waals surface area contributed by atoms with Crippen LogP contribution < -0.4 is 5.73 Å². The zero-order valence-corrected chi connectivity index (χ0v) is 9.97. The second-order valence-electron chi connectivity index (χ2n) is 4.19. The van der Waals surface area contributed by atoms with E-state index < -0.39 is 10.0 Å². The molecule has 0 rings (SSSR count). The Morgan fingerprint density at radius 2 is 2.00 bits per heavy atom. The Kier molecular flexibility index (Phi) is 4.77. The quantitative estimate of drug-likeness (QED) is 0.660. The van der Waals surface area contributed by atoms with Gasteiger partial charge in [0.1, 0.15) is 0 Å². The number of rotatable bonds is 6. The molecule has 0 aliphatic heterocycles. The van der Waals surface area contributed by atoms with E-state index in [4.69, 9.17) is 5.73 Å². The maximum atomic E-state index is 11.5. The van der Waals surface area contributed by atoms with E-state index >= 15 is 0 Å². The smallest absolute Gasteiger partial charge is 0.217 e. The molecule has 0 bridgehead atoms. The predicted octanol–water partition coefficient (Wildman–Crippen LogP) is 0.419. The molecule has 5 heteroatoms. The topological polar surface area (TPSA) is 63.4 Å². The standard InChI is InChI=1S/C9H20N2O2S/c1-5-6-14(12,13)11(4)8-9(2,3)7-10/h5H,1,6-8,10H2,2-4H3. The Bertz CT molecular complexity index is 283. The zero-order chi connectivity index (χ0) is 11.4. The normalized spacial score (nSPS) is 13.2. The lowest BCUT2D eigenvalue weighted by Gasteiger charge is -2.28. The highest BCUT2D eigenvalue weighted by Gasteiger charge is 2.24. The van der Waals surface area contributed by atoms with Gasteiger partial charge in [0.15, 0.2) is 0 Å².